The molecule has 5 nitrogen and oxygen atoms in total. The highest BCUT2D eigenvalue weighted by Crippen LogP contribution is 2.23. The zero-order valence-corrected chi connectivity index (χ0v) is 11.9. The van der Waals surface area contributed by atoms with E-state index in [0.717, 1.165) is 12.1 Å². The number of primary sulfonamides is 1. The summed E-state index contributed by atoms with van der Waals surface area (Å²) in [4.78, 5) is -0.00909. The third-order valence-electron chi connectivity index (χ3n) is 2.91. The Labute approximate surface area is 118 Å². The third kappa shape index (κ3) is 3.49. The van der Waals surface area contributed by atoms with Crippen molar-refractivity contribution < 1.29 is 8.42 Å². The molecule has 0 aliphatic carbocycles. The Morgan fingerprint density at radius 3 is 2.25 bits per heavy atom. The monoisotopic (exact) mass is 291 g/mol. The molecule has 0 heterocycles. The first-order valence-corrected chi connectivity index (χ1v) is 7.72. The van der Waals surface area contributed by atoms with Crippen molar-refractivity contribution in [1.29, 1.82) is 0 Å². The van der Waals surface area contributed by atoms with Gasteiger partial charge in [-0.25, -0.2) is 13.6 Å². The lowest BCUT2D eigenvalue weighted by molar-refractivity contribution is 0.598. The Kier molecular flexibility index (Phi) is 3.96. The van der Waals surface area contributed by atoms with Crippen molar-refractivity contribution >= 4 is 27.1 Å². The van der Waals surface area contributed by atoms with Crippen LogP contribution >= 0.6 is 0 Å². The normalized spacial score (nSPS) is 11.3. The molecule has 0 aliphatic rings. The van der Waals surface area contributed by atoms with Gasteiger partial charge in [-0.05, 0) is 42.3 Å². The summed E-state index contributed by atoms with van der Waals surface area (Å²) in [7, 11) is -3.77. The number of sulfonamides is 1. The lowest BCUT2D eigenvalue weighted by Crippen LogP contribution is -2.12. The molecule has 0 atom stereocenters. The van der Waals surface area contributed by atoms with Gasteiger partial charge in [0.2, 0.25) is 10.0 Å². The van der Waals surface area contributed by atoms with Crippen molar-refractivity contribution in [2.24, 2.45) is 5.14 Å². The zero-order chi connectivity index (χ0) is 14.8. The van der Waals surface area contributed by atoms with Crippen LogP contribution in [0.25, 0.3) is 0 Å². The number of benzene rings is 2. The van der Waals surface area contributed by atoms with Crippen LogP contribution in [0.3, 0.4) is 0 Å². The Morgan fingerprint density at radius 2 is 1.70 bits per heavy atom. The van der Waals surface area contributed by atoms with E-state index in [1.54, 1.807) is 6.07 Å². The van der Waals surface area contributed by atoms with E-state index in [9.17, 15) is 8.42 Å². The number of aryl methyl sites for hydroxylation is 1. The minimum atomic E-state index is -3.77. The molecule has 0 spiro atoms. The predicted molar refractivity (Wildman–Crippen MR) is 81.3 cm³/mol. The zero-order valence-electron chi connectivity index (χ0n) is 11.1. The topological polar surface area (TPSA) is 98.2 Å². The maximum atomic E-state index is 11.4. The molecule has 0 aliphatic heterocycles. The Morgan fingerprint density at radius 1 is 1.05 bits per heavy atom. The molecular formula is C14H17N3O2S. The molecular weight excluding hydrogens is 274 g/mol. The molecule has 0 aromatic heterocycles. The van der Waals surface area contributed by atoms with E-state index in [4.69, 9.17) is 10.9 Å². The molecule has 0 radical (unpaired) electrons. The van der Waals surface area contributed by atoms with Crippen LogP contribution in [0.5, 0.6) is 0 Å². The van der Waals surface area contributed by atoms with Crippen molar-refractivity contribution in [3.63, 3.8) is 0 Å². The van der Waals surface area contributed by atoms with E-state index in [-0.39, 0.29) is 4.90 Å². The molecule has 2 aromatic rings. The average Bonchev–Trinajstić information content (AvgIpc) is 2.38. The van der Waals surface area contributed by atoms with Crippen LogP contribution in [0.2, 0.25) is 0 Å². The van der Waals surface area contributed by atoms with Crippen molar-refractivity contribution in [3.05, 3.63) is 48.0 Å². The molecule has 0 unspecified atom stereocenters. The van der Waals surface area contributed by atoms with Crippen LogP contribution in [0.15, 0.2) is 47.4 Å². The van der Waals surface area contributed by atoms with Crippen molar-refractivity contribution in [2.75, 3.05) is 11.1 Å². The van der Waals surface area contributed by atoms with Crippen LogP contribution in [0.1, 0.15) is 12.5 Å². The SMILES string of the molecule is CCc1ccc(Nc2cc(N)cc(S(N)(=O)=O)c2)cc1. The number of rotatable bonds is 4. The Bertz CT molecular complexity index is 710. The summed E-state index contributed by atoms with van der Waals surface area (Å²) in [5.74, 6) is 0. The molecule has 0 amide bonds. The van der Waals surface area contributed by atoms with Gasteiger partial charge in [-0.15, -0.1) is 0 Å². The molecule has 0 bridgehead atoms. The van der Waals surface area contributed by atoms with Gasteiger partial charge in [-0.3, -0.25) is 0 Å². The fourth-order valence-corrected chi connectivity index (χ4v) is 2.44. The Hall–Kier alpha value is -2.05. The average molecular weight is 291 g/mol. The predicted octanol–water partition coefficient (Wildman–Crippen LogP) is 2.22. The highest BCUT2D eigenvalue weighted by atomic mass is 32.2. The molecule has 2 aromatic carbocycles. The van der Waals surface area contributed by atoms with Crippen molar-refractivity contribution in [3.8, 4) is 0 Å². The standard InChI is InChI=1S/C14H17N3O2S/c1-2-10-3-5-12(6-4-10)17-13-7-11(15)8-14(9-13)20(16,18)19/h3-9,17H,2,15H2,1H3,(H2,16,18,19). The molecule has 0 saturated carbocycles. The summed E-state index contributed by atoms with van der Waals surface area (Å²) in [6, 6.07) is 12.3. The summed E-state index contributed by atoms with van der Waals surface area (Å²) >= 11 is 0. The second kappa shape index (κ2) is 5.52. The summed E-state index contributed by atoms with van der Waals surface area (Å²) in [5, 5.41) is 8.22. The summed E-state index contributed by atoms with van der Waals surface area (Å²) in [6.45, 7) is 2.08. The highest BCUT2D eigenvalue weighted by molar-refractivity contribution is 7.89. The maximum Gasteiger partial charge on any atom is 0.238 e. The van der Waals surface area contributed by atoms with Crippen LogP contribution in [-0.4, -0.2) is 8.42 Å². The second-order valence-corrected chi connectivity index (χ2v) is 6.07. The summed E-state index contributed by atoms with van der Waals surface area (Å²) in [6.07, 6.45) is 0.966. The van der Waals surface area contributed by atoms with Gasteiger partial charge in [0.05, 0.1) is 4.90 Å². The van der Waals surface area contributed by atoms with Gasteiger partial charge < -0.3 is 11.1 Å². The minimum Gasteiger partial charge on any atom is -0.399 e. The van der Waals surface area contributed by atoms with E-state index in [0.29, 0.717) is 11.4 Å². The molecule has 0 fully saturated rings. The first-order chi connectivity index (χ1) is 9.38. The summed E-state index contributed by atoms with van der Waals surface area (Å²) < 4.78 is 22.7. The number of nitrogens with two attached hydrogens (primary N) is 2. The van der Waals surface area contributed by atoms with E-state index in [1.165, 1.54) is 17.7 Å². The first kappa shape index (κ1) is 14.4. The number of nitrogen functional groups attached to an aromatic ring is 1. The first-order valence-electron chi connectivity index (χ1n) is 6.18. The fourth-order valence-electron chi connectivity index (χ4n) is 1.85. The van der Waals surface area contributed by atoms with Crippen LogP contribution in [0.4, 0.5) is 17.1 Å². The highest BCUT2D eigenvalue weighted by Gasteiger charge is 2.10. The van der Waals surface area contributed by atoms with Gasteiger partial charge in [0.1, 0.15) is 0 Å². The van der Waals surface area contributed by atoms with Gasteiger partial charge in [0.25, 0.3) is 0 Å². The second-order valence-electron chi connectivity index (χ2n) is 4.51. The number of hydrogen-bond donors (Lipinski definition) is 3. The van der Waals surface area contributed by atoms with E-state index < -0.39 is 10.0 Å². The van der Waals surface area contributed by atoms with Crippen molar-refractivity contribution in [1.82, 2.24) is 0 Å². The lowest BCUT2D eigenvalue weighted by atomic mass is 10.1. The molecule has 106 valence electrons. The number of nitrogens with one attached hydrogen (secondary N) is 1. The van der Waals surface area contributed by atoms with E-state index in [2.05, 4.69) is 12.2 Å². The van der Waals surface area contributed by atoms with E-state index in [1.807, 2.05) is 24.3 Å². The lowest BCUT2D eigenvalue weighted by Gasteiger charge is -2.10. The quantitative estimate of drug-likeness (QED) is 0.752. The van der Waals surface area contributed by atoms with Gasteiger partial charge in [0.15, 0.2) is 0 Å². The van der Waals surface area contributed by atoms with Gasteiger partial charge in [0, 0.05) is 17.1 Å². The van der Waals surface area contributed by atoms with Crippen LogP contribution in [0, 0.1) is 0 Å². The van der Waals surface area contributed by atoms with E-state index >= 15 is 0 Å². The van der Waals surface area contributed by atoms with Gasteiger partial charge >= 0.3 is 0 Å². The van der Waals surface area contributed by atoms with Gasteiger partial charge in [-0.2, -0.15) is 0 Å². The number of anilines is 3. The maximum absolute atomic E-state index is 11.4. The molecule has 0 saturated heterocycles. The summed E-state index contributed by atoms with van der Waals surface area (Å²) in [5.41, 5.74) is 8.70. The molecule has 2 rings (SSSR count). The van der Waals surface area contributed by atoms with Crippen molar-refractivity contribution in [2.45, 2.75) is 18.2 Å². The largest absolute Gasteiger partial charge is 0.399 e. The number of hydrogen-bond acceptors (Lipinski definition) is 4. The van der Waals surface area contributed by atoms with Crippen LogP contribution in [-0.2, 0) is 16.4 Å². The molecule has 5 N–H and O–H groups in total. The van der Waals surface area contributed by atoms with Gasteiger partial charge in [-0.1, -0.05) is 19.1 Å². The third-order valence-corrected chi connectivity index (χ3v) is 3.80. The fraction of sp³-hybridized carbons (Fsp3) is 0.143. The molecule has 20 heavy (non-hydrogen) atoms. The minimum absolute atomic E-state index is 0.00909. The smallest absolute Gasteiger partial charge is 0.238 e. The molecule has 6 heteroatoms. The van der Waals surface area contributed by atoms with Crippen LogP contribution < -0.4 is 16.2 Å². The Balaban J connectivity index is 2.31.